The molecule has 1 aliphatic rings. The van der Waals surface area contributed by atoms with Gasteiger partial charge in [-0.2, -0.15) is 5.10 Å². The van der Waals surface area contributed by atoms with Crippen molar-refractivity contribution in [1.82, 2.24) is 25.3 Å². The standard InChI is InChI=1S/C20H25N5O3/c1-3-20(4-2)18(27)25(19(28)23-20)14-17(26)21-12-15-8-5-6-9-16(15)13-24-11-7-10-22-24/h5-11H,3-4,12-14H2,1-2H3,(H,21,26)(H,23,28). The minimum atomic E-state index is -0.895. The summed E-state index contributed by atoms with van der Waals surface area (Å²) < 4.78 is 1.81. The molecule has 3 rings (SSSR count). The number of amides is 4. The second kappa shape index (κ2) is 8.24. The highest BCUT2D eigenvalue weighted by Gasteiger charge is 2.49. The quantitative estimate of drug-likeness (QED) is 0.678. The zero-order valence-corrected chi connectivity index (χ0v) is 16.1. The second-order valence-corrected chi connectivity index (χ2v) is 6.86. The van der Waals surface area contributed by atoms with Crippen molar-refractivity contribution in [2.45, 2.75) is 45.3 Å². The van der Waals surface area contributed by atoms with Gasteiger partial charge in [0.05, 0.1) is 6.54 Å². The van der Waals surface area contributed by atoms with E-state index in [1.807, 2.05) is 55.1 Å². The number of carbonyl (C=O) groups excluding carboxylic acids is 3. The molecule has 1 saturated heterocycles. The Kier molecular flexibility index (Phi) is 5.77. The van der Waals surface area contributed by atoms with Crippen LogP contribution in [0.5, 0.6) is 0 Å². The number of nitrogens with zero attached hydrogens (tertiary/aromatic N) is 3. The molecule has 2 N–H and O–H groups in total. The summed E-state index contributed by atoms with van der Waals surface area (Å²) in [6.07, 6.45) is 4.58. The van der Waals surface area contributed by atoms with Gasteiger partial charge >= 0.3 is 6.03 Å². The van der Waals surface area contributed by atoms with Gasteiger partial charge in [-0.1, -0.05) is 38.1 Å². The Hall–Kier alpha value is -3.16. The van der Waals surface area contributed by atoms with E-state index in [-0.39, 0.29) is 18.4 Å². The van der Waals surface area contributed by atoms with Crippen LogP contribution in [0.15, 0.2) is 42.7 Å². The second-order valence-electron chi connectivity index (χ2n) is 6.86. The molecular formula is C20H25N5O3. The Balaban J connectivity index is 1.61. The van der Waals surface area contributed by atoms with Crippen LogP contribution in [0.2, 0.25) is 0 Å². The molecule has 2 aromatic rings. The number of rotatable bonds is 8. The number of benzene rings is 1. The van der Waals surface area contributed by atoms with Crippen molar-refractivity contribution in [3.63, 3.8) is 0 Å². The van der Waals surface area contributed by atoms with E-state index in [4.69, 9.17) is 0 Å². The first kappa shape index (κ1) is 19.6. The van der Waals surface area contributed by atoms with Crippen LogP contribution in [0.4, 0.5) is 4.79 Å². The molecule has 0 atom stereocenters. The monoisotopic (exact) mass is 383 g/mol. The molecule has 1 fully saturated rings. The summed E-state index contributed by atoms with van der Waals surface area (Å²) in [4.78, 5) is 38.1. The Bertz CT molecular complexity index is 858. The molecule has 28 heavy (non-hydrogen) atoms. The molecule has 0 saturated carbocycles. The molecule has 148 valence electrons. The van der Waals surface area contributed by atoms with Gasteiger partial charge in [-0.25, -0.2) is 4.79 Å². The summed E-state index contributed by atoms with van der Waals surface area (Å²) in [5.74, 6) is -0.711. The van der Waals surface area contributed by atoms with Crippen LogP contribution < -0.4 is 10.6 Å². The first-order valence-electron chi connectivity index (χ1n) is 9.44. The first-order chi connectivity index (χ1) is 13.5. The van der Waals surface area contributed by atoms with E-state index in [0.29, 0.717) is 25.9 Å². The number of nitrogens with one attached hydrogen (secondary N) is 2. The van der Waals surface area contributed by atoms with Crippen LogP contribution in [0.1, 0.15) is 37.8 Å². The molecule has 0 unspecified atom stereocenters. The van der Waals surface area contributed by atoms with Gasteiger partial charge in [0.1, 0.15) is 12.1 Å². The summed E-state index contributed by atoms with van der Waals surface area (Å²) in [6.45, 7) is 4.32. The van der Waals surface area contributed by atoms with Gasteiger partial charge < -0.3 is 10.6 Å². The van der Waals surface area contributed by atoms with Crippen LogP contribution in [0.3, 0.4) is 0 Å². The fraction of sp³-hybridized carbons (Fsp3) is 0.400. The molecule has 4 amide bonds. The van der Waals surface area contributed by atoms with E-state index in [9.17, 15) is 14.4 Å². The van der Waals surface area contributed by atoms with Crippen LogP contribution in [0, 0.1) is 0 Å². The maximum Gasteiger partial charge on any atom is 0.325 e. The molecule has 8 heteroatoms. The SMILES string of the molecule is CCC1(CC)NC(=O)N(CC(=O)NCc2ccccc2Cn2cccn2)C1=O. The number of imide groups is 1. The zero-order valence-electron chi connectivity index (χ0n) is 16.1. The molecule has 1 aromatic carbocycles. The zero-order chi connectivity index (χ0) is 20.1. The minimum absolute atomic E-state index is 0.284. The van der Waals surface area contributed by atoms with Crippen molar-refractivity contribution in [1.29, 1.82) is 0 Å². The fourth-order valence-electron chi connectivity index (χ4n) is 3.40. The van der Waals surface area contributed by atoms with Crippen LogP contribution >= 0.6 is 0 Å². The lowest BCUT2D eigenvalue weighted by molar-refractivity contribution is -0.135. The van der Waals surface area contributed by atoms with Gasteiger partial charge in [0, 0.05) is 18.9 Å². The number of urea groups is 1. The van der Waals surface area contributed by atoms with E-state index in [2.05, 4.69) is 15.7 Å². The summed E-state index contributed by atoms with van der Waals surface area (Å²) in [6, 6.07) is 9.11. The van der Waals surface area contributed by atoms with Crippen LogP contribution in [0.25, 0.3) is 0 Å². The predicted octanol–water partition coefficient (Wildman–Crippen LogP) is 1.66. The Morgan fingerprint density at radius 2 is 1.86 bits per heavy atom. The summed E-state index contributed by atoms with van der Waals surface area (Å²) in [5, 5.41) is 9.74. The maximum absolute atomic E-state index is 12.6. The molecule has 0 aliphatic carbocycles. The molecule has 1 aromatic heterocycles. The number of hydrogen-bond donors (Lipinski definition) is 2. The Labute approximate surface area is 163 Å². The molecule has 0 spiro atoms. The maximum atomic E-state index is 12.6. The lowest BCUT2D eigenvalue weighted by atomic mass is 9.93. The topological polar surface area (TPSA) is 96.3 Å². The van der Waals surface area contributed by atoms with Gasteiger partial charge in [-0.3, -0.25) is 19.2 Å². The minimum Gasteiger partial charge on any atom is -0.350 e. The summed E-state index contributed by atoms with van der Waals surface area (Å²) in [7, 11) is 0. The molecule has 8 nitrogen and oxygen atoms in total. The highest BCUT2D eigenvalue weighted by molar-refractivity contribution is 6.08. The van der Waals surface area contributed by atoms with Gasteiger partial charge in [0.2, 0.25) is 5.91 Å². The third kappa shape index (κ3) is 3.90. The van der Waals surface area contributed by atoms with E-state index in [1.165, 1.54) is 0 Å². The normalized spacial score (nSPS) is 15.6. The largest absolute Gasteiger partial charge is 0.350 e. The highest BCUT2D eigenvalue weighted by atomic mass is 16.2. The van der Waals surface area contributed by atoms with Gasteiger partial charge in [0.25, 0.3) is 5.91 Å². The smallest absolute Gasteiger partial charge is 0.325 e. The number of hydrogen-bond acceptors (Lipinski definition) is 4. The van der Waals surface area contributed by atoms with Crippen molar-refractivity contribution >= 4 is 17.8 Å². The van der Waals surface area contributed by atoms with E-state index in [1.54, 1.807) is 6.20 Å². The van der Waals surface area contributed by atoms with Gasteiger partial charge in [0.15, 0.2) is 0 Å². The third-order valence-corrected chi connectivity index (χ3v) is 5.24. The lowest BCUT2D eigenvalue weighted by Crippen LogP contribution is -2.46. The van der Waals surface area contributed by atoms with Gasteiger partial charge in [-0.15, -0.1) is 0 Å². The third-order valence-electron chi connectivity index (χ3n) is 5.24. The molecule has 2 heterocycles. The van der Waals surface area contributed by atoms with Crippen molar-refractivity contribution in [2.24, 2.45) is 0 Å². The highest BCUT2D eigenvalue weighted by Crippen LogP contribution is 2.24. The van der Waals surface area contributed by atoms with Crippen molar-refractivity contribution in [2.75, 3.05) is 6.54 Å². The summed E-state index contributed by atoms with van der Waals surface area (Å²) in [5.41, 5.74) is 1.10. The summed E-state index contributed by atoms with van der Waals surface area (Å²) >= 11 is 0. The van der Waals surface area contributed by atoms with Crippen molar-refractivity contribution in [3.8, 4) is 0 Å². The van der Waals surface area contributed by atoms with E-state index in [0.717, 1.165) is 16.0 Å². The molecule has 1 aliphatic heterocycles. The molecule has 0 bridgehead atoms. The van der Waals surface area contributed by atoms with Crippen LogP contribution in [-0.4, -0.2) is 44.6 Å². The Morgan fingerprint density at radius 1 is 1.14 bits per heavy atom. The van der Waals surface area contributed by atoms with Crippen molar-refractivity contribution < 1.29 is 14.4 Å². The molecule has 0 radical (unpaired) electrons. The van der Waals surface area contributed by atoms with Crippen LogP contribution in [-0.2, 0) is 22.7 Å². The van der Waals surface area contributed by atoms with E-state index < -0.39 is 11.6 Å². The number of carbonyl (C=O) groups is 3. The van der Waals surface area contributed by atoms with Crippen molar-refractivity contribution in [3.05, 3.63) is 53.9 Å². The average molecular weight is 383 g/mol. The molecular weight excluding hydrogens is 358 g/mol. The first-order valence-corrected chi connectivity index (χ1v) is 9.44. The average Bonchev–Trinajstić information content (AvgIpc) is 3.29. The Morgan fingerprint density at radius 3 is 2.46 bits per heavy atom. The lowest BCUT2D eigenvalue weighted by Gasteiger charge is -2.23. The fourth-order valence-corrected chi connectivity index (χ4v) is 3.40. The van der Waals surface area contributed by atoms with E-state index >= 15 is 0 Å². The predicted molar refractivity (Wildman–Crippen MR) is 103 cm³/mol. The van der Waals surface area contributed by atoms with Gasteiger partial charge in [-0.05, 0) is 30.0 Å². The number of aromatic nitrogens is 2.